The van der Waals surface area contributed by atoms with Gasteiger partial charge in [0.15, 0.2) is 0 Å². The molecule has 5 heteroatoms. The number of halogens is 1. The third kappa shape index (κ3) is 3.72. The molecule has 4 nitrogen and oxygen atoms in total. The van der Waals surface area contributed by atoms with Crippen LogP contribution in [0.5, 0.6) is 0 Å². The van der Waals surface area contributed by atoms with Gasteiger partial charge in [-0.25, -0.2) is 0 Å². The fourth-order valence-corrected chi connectivity index (χ4v) is 2.97. The van der Waals surface area contributed by atoms with Gasteiger partial charge in [-0.05, 0) is 37.2 Å². The van der Waals surface area contributed by atoms with Crippen LogP contribution in [0.4, 0.5) is 0 Å². The molecule has 2 rings (SSSR count). The lowest BCUT2D eigenvalue weighted by Crippen LogP contribution is -2.46. The van der Waals surface area contributed by atoms with Crippen molar-refractivity contribution in [3.8, 4) is 0 Å². The minimum atomic E-state index is -0.761. The average molecular weight is 297 g/mol. The third-order valence-corrected chi connectivity index (χ3v) is 4.17. The van der Waals surface area contributed by atoms with E-state index < -0.39 is 5.97 Å². The Morgan fingerprint density at radius 2 is 2.00 bits per heavy atom. The van der Waals surface area contributed by atoms with Crippen molar-refractivity contribution in [2.24, 2.45) is 0 Å². The van der Waals surface area contributed by atoms with Crippen LogP contribution in [0.25, 0.3) is 0 Å². The van der Waals surface area contributed by atoms with Crippen LogP contribution in [0.2, 0.25) is 5.02 Å². The van der Waals surface area contributed by atoms with Crippen LogP contribution < -0.4 is 0 Å². The largest absolute Gasteiger partial charge is 0.481 e. The number of carbonyl (C=O) groups is 1. The molecule has 1 heterocycles. The van der Waals surface area contributed by atoms with Gasteiger partial charge >= 0.3 is 5.97 Å². The SMILES string of the molecule is Cc1cc(Cl)ccc1C(CC(=O)O)N1CCN(C)CC1. The standard InChI is InChI=1S/C15H21ClN2O2/c1-11-9-12(16)3-4-13(11)14(10-15(19)20)18-7-5-17(2)6-8-18/h3-4,9,14H,5-8,10H2,1-2H3,(H,19,20). The quantitative estimate of drug-likeness (QED) is 0.927. The predicted molar refractivity (Wildman–Crippen MR) is 80.3 cm³/mol. The van der Waals surface area contributed by atoms with Gasteiger partial charge in [-0.2, -0.15) is 0 Å². The maximum atomic E-state index is 11.2. The Morgan fingerprint density at radius 1 is 1.35 bits per heavy atom. The molecule has 1 fully saturated rings. The van der Waals surface area contributed by atoms with Crippen molar-refractivity contribution < 1.29 is 9.90 Å². The Hall–Kier alpha value is -1.10. The molecule has 0 bridgehead atoms. The topological polar surface area (TPSA) is 43.8 Å². The number of likely N-dealkylation sites (N-methyl/N-ethyl adjacent to an activating group) is 1. The van der Waals surface area contributed by atoms with E-state index in [4.69, 9.17) is 11.6 Å². The highest BCUT2D eigenvalue weighted by atomic mass is 35.5. The highest BCUT2D eigenvalue weighted by Crippen LogP contribution is 2.29. The van der Waals surface area contributed by atoms with Crippen LogP contribution in [0.3, 0.4) is 0 Å². The minimum Gasteiger partial charge on any atom is -0.481 e. The van der Waals surface area contributed by atoms with Gasteiger partial charge in [0, 0.05) is 37.2 Å². The first-order valence-corrected chi connectivity index (χ1v) is 7.25. The van der Waals surface area contributed by atoms with Crippen LogP contribution >= 0.6 is 11.6 Å². The summed E-state index contributed by atoms with van der Waals surface area (Å²) in [6.45, 7) is 5.74. The molecule has 1 saturated heterocycles. The van der Waals surface area contributed by atoms with Gasteiger partial charge < -0.3 is 10.0 Å². The smallest absolute Gasteiger partial charge is 0.305 e. The number of carboxylic acid groups (broad SMARTS) is 1. The highest BCUT2D eigenvalue weighted by Gasteiger charge is 2.26. The summed E-state index contributed by atoms with van der Waals surface area (Å²) in [6.07, 6.45) is 0.131. The zero-order valence-corrected chi connectivity index (χ0v) is 12.7. The number of benzene rings is 1. The number of piperazine rings is 1. The fraction of sp³-hybridized carbons (Fsp3) is 0.533. The first-order chi connectivity index (χ1) is 9.47. The number of hydrogen-bond acceptors (Lipinski definition) is 3. The Morgan fingerprint density at radius 3 is 2.55 bits per heavy atom. The van der Waals surface area contributed by atoms with Crippen molar-refractivity contribution in [1.29, 1.82) is 0 Å². The van der Waals surface area contributed by atoms with E-state index in [1.807, 2.05) is 25.1 Å². The third-order valence-electron chi connectivity index (χ3n) is 3.94. The molecule has 0 amide bonds. The summed E-state index contributed by atoms with van der Waals surface area (Å²) in [5.41, 5.74) is 2.13. The van der Waals surface area contributed by atoms with Gasteiger partial charge in [0.05, 0.1) is 6.42 Å². The van der Waals surface area contributed by atoms with Crippen molar-refractivity contribution in [2.45, 2.75) is 19.4 Å². The first kappa shape index (κ1) is 15.3. The number of aryl methyl sites for hydroxylation is 1. The molecule has 110 valence electrons. The van der Waals surface area contributed by atoms with Crippen LogP contribution in [0.1, 0.15) is 23.6 Å². The second-order valence-corrected chi connectivity index (χ2v) is 5.89. The lowest BCUT2D eigenvalue weighted by Gasteiger charge is -2.38. The van der Waals surface area contributed by atoms with E-state index in [0.29, 0.717) is 5.02 Å². The Bertz CT molecular complexity index is 485. The molecule has 1 unspecified atom stereocenters. The normalized spacial score (nSPS) is 18.9. The molecule has 1 atom stereocenters. The fourth-order valence-electron chi connectivity index (χ4n) is 2.75. The van der Waals surface area contributed by atoms with Crippen LogP contribution in [0, 0.1) is 6.92 Å². The molecule has 0 aliphatic carbocycles. The number of nitrogens with zero attached hydrogens (tertiary/aromatic N) is 2. The van der Waals surface area contributed by atoms with E-state index in [1.165, 1.54) is 0 Å². The van der Waals surface area contributed by atoms with Crippen molar-refractivity contribution in [3.05, 3.63) is 34.3 Å². The second-order valence-electron chi connectivity index (χ2n) is 5.45. The van der Waals surface area contributed by atoms with Gasteiger partial charge in [0.2, 0.25) is 0 Å². The van der Waals surface area contributed by atoms with Gasteiger partial charge in [-0.3, -0.25) is 9.69 Å². The number of hydrogen-bond donors (Lipinski definition) is 1. The summed E-state index contributed by atoms with van der Waals surface area (Å²) >= 11 is 6.00. The van der Waals surface area contributed by atoms with Crippen LogP contribution in [-0.4, -0.2) is 54.1 Å². The first-order valence-electron chi connectivity index (χ1n) is 6.88. The zero-order chi connectivity index (χ0) is 14.7. The summed E-state index contributed by atoms with van der Waals surface area (Å²) in [7, 11) is 2.09. The summed E-state index contributed by atoms with van der Waals surface area (Å²) in [6, 6.07) is 5.64. The van der Waals surface area contributed by atoms with Crippen LogP contribution in [0.15, 0.2) is 18.2 Å². The summed E-state index contributed by atoms with van der Waals surface area (Å²) in [5, 5.41) is 9.90. The maximum Gasteiger partial charge on any atom is 0.305 e. The Kier molecular flexibility index (Phi) is 5.02. The van der Waals surface area contributed by atoms with E-state index in [1.54, 1.807) is 0 Å². The molecular formula is C15H21ClN2O2. The molecule has 0 aromatic heterocycles. The van der Waals surface area contributed by atoms with E-state index in [0.717, 1.165) is 37.3 Å². The molecular weight excluding hydrogens is 276 g/mol. The lowest BCUT2D eigenvalue weighted by atomic mass is 9.96. The van der Waals surface area contributed by atoms with Crippen molar-refractivity contribution in [2.75, 3.05) is 33.2 Å². The van der Waals surface area contributed by atoms with Crippen molar-refractivity contribution >= 4 is 17.6 Å². The highest BCUT2D eigenvalue weighted by molar-refractivity contribution is 6.30. The van der Waals surface area contributed by atoms with Gasteiger partial charge in [0.25, 0.3) is 0 Å². The molecule has 1 aromatic carbocycles. The molecule has 1 N–H and O–H groups in total. The lowest BCUT2D eigenvalue weighted by molar-refractivity contribution is -0.138. The van der Waals surface area contributed by atoms with Gasteiger partial charge in [0.1, 0.15) is 0 Å². The maximum absolute atomic E-state index is 11.2. The average Bonchev–Trinajstić information content (AvgIpc) is 2.37. The van der Waals surface area contributed by atoms with Crippen LogP contribution in [-0.2, 0) is 4.79 Å². The molecule has 1 aliphatic heterocycles. The molecule has 20 heavy (non-hydrogen) atoms. The summed E-state index contributed by atoms with van der Waals surface area (Å²) in [5.74, 6) is -0.761. The Labute approximate surface area is 124 Å². The molecule has 0 spiro atoms. The number of rotatable bonds is 4. The molecule has 1 aromatic rings. The molecule has 1 aliphatic rings. The molecule has 0 radical (unpaired) electrons. The number of aliphatic carboxylic acids is 1. The van der Waals surface area contributed by atoms with E-state index >= 15 is 0 Å². The van der Waals surface area contributed by atoms with E-state index in [-0.39, 0.29) is 12.5 Å². The molecule has 0 saturated carbocycles. The van der Waals surface area contributed by atoms with E-state index in [2.05, 4.69) is 16.8 Å². The zero-order valence-electron chi connectivity index (χ0n) is 12.0. The van der Waals surface area contributed by atoms with Gasteiger partial charge in [-0.1, -0.05) is 17.7 Å². The second kappa shape index (κ2) is 6.57. The van der Waals surface area contributed by atoms with Gasteiger partial charge in [-0.15, -0.1) is 0 Å². The predicted octanol–water partition coefficient (Wildman–Crippen LogP) is 2.41. The van der Waals surface area contributed by atoms with Crippen molar-refractivity contribution in [3.63, 3.8) is 0 Å². The summed E-state index contributed by atoms with van der Waals surface area (Å²) < 4.78 is 0. The number of carboxylic acids is 1. The van der Waals surface area contributed by atoms with E-state index in [9.17, 15) is 9.90 Å². The minimum absolute atomic E-state index is 0.0709. The van der Waals surface area contributed by atoms with Crippen molar-refractivity contribution in [1.82, 2.24) is 9.80 Å². The summed E-state index contributed by atoms with van der Waals surface area (Å²) in [4.78, 5) is 15.7. The monoisotopic (exact) mass is 296 g/mol. The Balaban J connectivity index is 2.24.